The van der Waals surface area contributed by atoms with Gasteiger partial charge in [-0.25, -0.2) is 17.9 Å². The lowest BCUT2D eigenvalue weighted by molar-refractivity contribution is -0.149. The molecule has 1 aromatic heterocycles. The van der Waals surface area contributed by atoms with Crippen LogP contribution in [0.15, 0.2) is 17.3 Å². The minimum Gasteiger partial charge on any atom is -0.479 e. The number of aryl methyl sites for hydroxylation is 1. The molecule has 19 heavy (non-hydrogen) atoms. The van der Waals surface area contributed by atoms with Crippen molar-refractivity contribution >= 4 is 16.0 Å². The molecule has 0 bridgehead atoms. The Morgan fingerprint density at radius 3 is 2.89 bits per heavy atom. The molecule has 2 rings (SSSR count). The van der Waals surface area contributed by atoms with Gasteiger partial charge in [-0.3, -0.25) is 4.68 Å². The number of carbonyl (C=O) groups is 1. The summed E-state index contributed by atoms with van der Waals surface area (Å²) in [6.07, 6.45) is 2.30. The monoisotopic (exact) mass is 289 g/mol. The fourth-order valence-corrected chi connectivity index (χ4v) is 2.91. The topological polar surface area (TPSA) is 111 Å². The van der Waals surface area contributed by atoms with Crippen LogP contribution in [-0.2, 0) is 26.6 Å². The number of hydrogen-bond acceptors (Lipinski definition) is 5. The third kappa shape index (κ3) is 3.31. The molecule has 2 heterocycles. The van der Waals surface area contributed by atoms with E-state index in [0.29, 0.717) is 12.8 Å². The number of sulfonamides is 1. The van der Waals surface area contributed by atoms with Gasteiger partial charge < -0.3 is 9.84 Å². The van der Waals surface area contributed by atoms with Crippen molar-refractivity contribution in [2.24, 2.45) is 7.05 Å². The van der Waals surface area contributed by atoms with Crippen LogP contribution in [0.4, 0.5) is 0 Å². The molecule has 0 aromatic carbocycles. The quantitative estimate of drug-likeness (QED) is 0.744. The molecule has 2 atom stereocenters. The molecule has 0 amide bonds. The highest BCUT2D eigenvalue weighted by Crippen LogP contribution is 2.19. The van der Waals surface area contributed by atoms with Gasteiger partial charge in [-0.2, -0.15) is 5.10 Å². The van der Waals surface area contributed by atoms with E-state index in [-0.39, 0.29) is 11.4 Å². The second-order valence-electron chi connectivity index (χ2n) is 4.36. The third-order valence-corrected chi connectivity index (χ3v) is 4.25. The van der Waals surface area contributed by atoms with Gasteiger partial charge in [0.1, 0.15) is 4.90 Å². The van der Waals surface area contributed by atoms with Crippen LogP contribution >= 0.6 is 0 Å². The number of ether oxygens (including phenoxy) is 1. The molecule has 0 spiro atoms. The van der Waals surface area contributed by atoms with Gasteiger partial charge in [0.05, 0.1) is 12.3 Å². The Morgan fingerprint density at radius 2 is 2.37 bits per heavy atom. The van der Waals surface area contributed by atoms with Gasteiger partial charge in [-0.15, -0.1) is 0 Å². The summed E-state index contributed by atoms with van der Waals surface area (Å²) in [6, 6.07) is 0. The van der Waals surface area contributed by atoms with E-state index < -0.39 is 28.2 Å². The normalized spacial score (nSPS) is 23.6. The van der Waals surface area contributed by atoms with Crippen LogP contribution in [0.1, 0.15) is 12.8 Å². The predicted molar refractivity (Wildman–Crippen MR) is 63.9 cm³/mol. The lowest BCUT2D eigenvalue weighted by Crippen LogP contribution is -2.33. The van der Waals surface area contributed by atoms with E-state index in [1.165, 1.54) is 17.1 Å². The maximum absolute atomic E-state index is 11.9. The standard InChI is InChI=1S/C10H15N3O5S/c1-13-6-8(5-11-13)19(16,17)12-4-7-2-3-9(18-7)10(14)15/h5-7,9,12H,2-4H2,1H3,(H,14,15). The molecule has 0 radical (unpaired) electrons. The molecule has 0 aliphatic carbocycles. The summed E-state index contributed by atoms with van der Waals surface area (Å²) in [5.74, 6) is -1.02. The molecular formula is C10H15N3O5S. The SMILES string of the molecule is Cn1cc(S(=O)(=O)NCC2CCC(C(=O)O)O2)cn1. The van der Waals surface area contributed by atoms with Crippen LogP contribution in [0.3, 0.4) is 0 Å². The number of nitrogens with zero attached hydrogens (tertiary/aromatic N) is 2. The molecule has 1 aliphatic rings. The number of carboxylic acid groups (broad SMARTS) is 1. The summed E-state index contributed by atoms with van der Waals surface area (Å²) in [6.45, 7) is 0.0566. The van der Waals surface area contributed by atoms with E-state index in [2.05, 4.69) is 9.82 Å². The lowest BCUT2D eigenvalue weighted by Gasteiger charge is -2.11. The van der Waals surface area contributed by atoms with Crippen LogP contribution in [0, 0.1) is 0 Å². The van der Waals surface area contributed by atoms with Crippen molar-refractivity contribution in [1.82, 2.24) is 14.5 Å². The van der Waals surface area contributed by atoms with E-state index in [9.17, 15) is 13.2 Å². The number of carboxylic acids is 1. The van der Waals surface area contributed by atoms with Gasteiger partial charge in [-0.05, 0) is 12.8 Å². The molecular weight excluding hydrogens is 274 g/mol. The minimum absolute atomic E-state index is 0.0566. The average Bonchev–Trinajstić information content (AvgIpc) is 2.95. The summed E-state index contributed by atoms with van der Waals surface area (Å²) >= 11 is 0. The second-order valence-corrected chi connectivity index (χ2v) is 6.13. The van der Waals surface area contributed by atoms with Crippen LogP contribution in [0.25, 0.3) is 0 Å². The van der Waals surface area contributed by atoms with Crippen molar-refractivity contribution in [3.05, 3.63) is 12.4 Å². The molecule has 1 fully saturated rings. The maximum atomic E-state index is 11.9. The molecule has 2 unspecified atom stereocenters. The van der Waals surface area contributed by atoms with Gasteiger partial charge >= 0.3 is 5.97 Å². The van der Waals surface area contributed by atoms with Gasteiger partial charge in [0.2, 0.25) is 10.0 Å². The zero-order chi connectivity index (χ0) is 14.0. The molecule has 1 aliphatic heterocycles. The number of hydrogen-bond donors (Lipinski definition) is 2. The number of aromatic nitrogens is 2. The van der Waals surface area contributed by atoms with Gasteiger partial charge in [0.25, 0.3) is 0 Å². The molecule has 2 N–H and O–H groups in total. The van der Waals surface area contributed by atoms with Crippen molar-refractivity contribution in [2.45, 2.75) is 29.9 Å². The average molecular weight is 289 g/mol. The maximum Gasteiger partial charge on any atom is 0.332 e. The molecule has 1 saturated heterocycles. The van der Waals surface area contributed by atoms with E-state index in [0.717, 1.165) is 0 Å². The zero-order valence-corrected chi connectivity index (χ0v) is 11.1. The summed E-state index contributed by atoms with van der Waals surface area (Å²) in [4.78, 5) is 10.8. The van der Waals surface area contributed by atoms with Gasteiger partial charge in [0, 0.05) is 19.8 Å². The summed E-state index contributed by atoms with van der Waals surface area (Å²) in [5.41, 5.74) is 0. The molecule has 106 valence electrons. The van der Waals surface area contributed by atoms with E-state index in [4.69, 9.17) is 9.84 Å². The van der Waals surface area contributed by atoms with Crippen LogP contribution in [-0.4, -0.2) is 48.0 Å². The number of nitrogens with one attached hydrogen (secondary N) is 1. The van der Waals surface area contributed by atoms with Crippen molar-refractivity contribution < 1.29 is 23.1 Å². The Hall–Kier alpha value is -1.45. The summed E-state index contributed by atoms with van der Waals surface area (Å²) < 4.78 is 32.8. The Kier molecular flexibility index (Phi) is 3.88. The molecule has 8 nitrogen and oxygen atoms in total. The zero-order valence-electron chi connectivity index (χ0n) is 10.3. The Morgan fingerprint density at radius 1 is 1.63 bits per heavy atom. The number of rotatable bonds is 5. The highest BCUT2D eigenvalue weighted by molar-refractivity contribution is 7.89. The Bertz CT molecular complexity index is 567. The Labute approximate surface area is 110 Å². The molecule has 0 saturated carbocycles. The smallest absolute Gasteiger partial charge is 0.332 e. The predicted octanol–water partition coefficient (Wildman–Crippen LogP) is -0.669. The van der Waals surface area contributed by atoms with Crippen molar-refractivity contribution in [3.63, 3.8) is 0 Å². The van der Waals surface area contributed by atoms with E-state index >= 15 is 0 Å². The first-order chi connectivity index (χ1) is 8.88. The second kappa shape index (κ2) is 5.27. The fourth-order valence-electron chi connectivity index (χ4n) is 1.86. The molecule has 1 aromatic rings. The molecule has 9 heteroatoms. The number of aliphatic carboxylic acids is 1. The first-order valence-corrected chi connectivity index (χ1v) is 7.23. The van der Waals surface area contributed by atoms with Crippen molar-refractivity contribution in [2.75, 3.05) is 6.54 Å². The third-order valence-electron chi connectivity index (χ3n) is 2.88. The van der Waals surface area contributed by atoms with E-state index in [1.54, 1.807) is 7.05 Å². The first-order valence-electron chi connectivity index (χ1n) is 5.75. The van der Waals surface area contributed by atoms with Gasteiger partial charge in [0.15, 0.2) is 6.10 Å². The fraction of sp³-hybridized carbons (Fsp3) is 0.600. The van der Waals surface area contributed by atoms with Crippen molar-refractivity contribution in [3.8, 4) is 0 Å². The minimum atomic E-state index is -3.63. The van der Waals surface area contributed by atoms with Crippen LogP contribution in [0.2, 0.25) is 0 Å². The Balaban J connectivity index is 1.91. The summed E-state index contributed by atoms with van der Waals surface area (Å²) in [7, 11) is -2.00. The van der Waals surface area contributed by atoms with Gasteiger partial charge in [-0.1, -0.05) is 0 Å². The van der Waals surface area contributed by atoms with Crippen LogP contribution in [0.5, 0.6) is 0 Å². The summed E-state index contributed by atoms with van der Waals surface area (Å²) in [5, 5.41) is 12.6. The lowest BCUT2D eigenvalue weighted by atomic mass is 10.2. The largest absolute Gasteiger partial charge is 0.479 e. The first kappa shape index (κ1) is 14.0. The van der Waals surface area contributed by atoms with E-state index in [1.807, 2.05) is 0 Å². The van der Waals surface area contributed by atoms with Crippen molar-refractivity contribution in [1.29, 1.82) is 0 Å². The van der Waals surface area contributed by atoms with Crippen LogP contribution < -0.4 is 4.72 Å². The highest BCUT2D eigenvalue weighted by Gasteiger charge is 2.31. The highest BCUT2D eigenvalue weighted by atomic mass is 32.2.